The zero-order valence-corrected chi connectivity index (χ0v) is 14.4. The van der Waals surface area contributed by atoms with Crippen LogP contribution in [0.1, 0.15) is 42.3 Å². The summed E-state index contributed by atoms with van der Waals surface area (Å²) in [5, 5.41) is 6.46. The molecule has 114 valence electrons. The first-order valence-electron chi connectivity index (χ1n) is 7.34. The molecule has 0 bridgehead atoms. The Hall–Kier alpha value is -1.03. The summed E-state index contributed by atoms with van der Waals surface area (Å²) in [6, 6.07) is 8.45. The summed E-state index contributed by atoms with van der Waals surface area (Å²) in [7, 11) is 1.65. The topological polar surface area (TPSA) is 21.3 Å². The third-order valence-corrected chi connectivity index (χ3v) is 4.87. The van der Waals surface area contributed by atoms with Crippen LogP contribution in [0.2, 0.25) is 5.02 Å². The standard InChI is InChI=1S/C17H22ClNOS/c1-4-9-19-16(17-12(5-2)8-10-21-17)13-6-7-14(18)15(11-13)20-3/h6-8,10-11,16,19H,4-5,9H2,1-3H3. The lowest BCUT2D eigenvalue weighted by molar-refractivity contribution is 0.414. The second-order valence-electron chi connectivity index (χ2n) is 4.94. The molecule has 1 aromatic carbocycles. The van der Waals surface area contributed by atoms with Crippen molar-refractivity contribution in [2.24, 2.45) is 0 Å². The molecule has 0 radical (unpaired) electrons. The first-order chi connectivity index (χ1) is 10.2. The van der Waals surface area contributed by atoms with E-state index >= 15 is 0 Å². The number of benzene rings is 1. The molecule has 0 fully saturated rings. The van der Waals surface area contributed by atoms with Crippen molar-refractivity contribution in [3.63, 3.8) is 0 Å². The zero-order chi connectivity index (χ0) is 15.2. The molecule has 0 aliphatic heterocycles. The van der Waals surface area contributed by atoms with Crippen LogP contribution in [0.15, 0.2) is 29.6 Å². The molecule has 2 aromatic rings. The number of halogens is 1. The normalized spacial score (nSPS) is 12.4. The molecular formula is C17H22ClNOS. The molecule has 1 atom stereocenters. The maximum atomic E-state index is 6.15. The van der Waals surface area contributed by atoms with E-state index in [2.05, 4.69) is 36.7 Å². The maximum absolute atomic E-state index is 6.15. The molecule has 1 aromatic heterocycles. The van der Waals surface area contributed by atoms with Crippen LogP contribution in [0.25, 0.3) is 0 Å². The molecule has 4 heteroatoms. The lowest BCUT2D eigenvalue weighted by Crippen LogP contribution is -2.23. The van der Waals surface area contributed by atoms with Crippen molar-refractivity contribution in [1.82, 2.24) is 5.32 Å². The van der Waals surface area contributed by atoms with Gasteiger partial charge in [-0.3, -0.25) is 0 Å². The molecule has 0 saturated heterocycles. The first kappa shape index (κ1) is 16.3. The third-order valence-electron chi connectivity index (χ3n) is 3.53. The minimum absolute atomic E-state index is 0.200. The van der Waals surface area contributed by atoms with E-state index < -0.39 is 0 Å². The number of methoxy groups -OCH3 is 1. The van der Waals surface area contributed by atoms with Crippen molar-refractivity contribution in [2.75, 3.05) is 13.7 Å². The Labute approximate surface area is 136 Å². The van der Waals surface area contributed by atoms with Crippen molar-refractivity contribution < 1.29 is 4.74 Å². The van der Waals surface area contributed by atoms with E-state index in [1.54, 1.807) is 7.11 Å². The number of rotatable bonds is 7. The van der Waals surface area contributed by atoms with E-state index in [-0.39, 0.29) is 6.04 Å². The highest BCUT2D eigenvalue weighted by Gasteiger charge is 2.19. The van der Waals surface area contributed by atoms with E-state index in [1.165, 1.54) is 16.0 Å². The molecule has 0 aliphatic carbocycles. The van der Waals surface area contributed by atoms with Gasteiger partial charge in [0.2, 0.25) is 0 Å². The quantitative estimate of drug-likeness (QED) is 0.768. The van der Waals surface area contributed by atoms with Gasteiger partial charge in [0.05, 0.1) is 18.2 Å². The summed E-state index contributed by atoms with van der Waals surface area (Å²) in [4.78, 5) is 1.38. The van der Waals surface area contributed by atoms with Crippen LogP contribution in [-0.2, 0) is 6.42 Å². The highest BCUT2D eigenvalue weighted by molar-refractivity contribution is 7.10. The van der Waals surface area contributed by atoms with Gasteiger partial charge in [0.1, 0.15) is 5.75 Å². The van der Waals surface area contributed by atoms with E-state index in [9.17, 15) is 0 Å². The second kappa shape index (κ2) is 7.83. The van der Waals surface area contributed by atoms with Crippen molar-refractivity contribution in [2.45, 2.75) is 32.7 Å². The minimum Gasteiger partial charge on any atom is -0.495 e. The Kier molecular flexibility index (Phi) is 6.09. The Bertz CT molecular complexity index is 582. The highest BCUT2D eigenvalue weighted by atomic mass is 35.5. The smallest absolute Gasteiger partial charge is 0.137 e. The van der Waals surface area contributed by atoms with Gasteiger partial charge in [0, 0.05) is 4.88 Å². The van der Waals surface area contributed by atoms with Gasteiger partial charge in [-0.05, 0) is 54.1 Å². The Balaban J connectivity index is 2.40. The number of aryl methyl sites for hydroxylation is 1. The summed E-state index contributed by atoms with van der Waals surface area (Å²) in [6.45, 7) is 5.36. The highest BCUT2D eigenvalue weighted by Crippen LogP contribution is 2.34. The predicted octanol–water partition coefficient (Wildman–Crippen LogP) is 5.06. The fourth-order valence-corrected chi connectivity index (χ4v) is 3.69. The van der Waals surface area contributed by atoms with Crippen molar-refractivity contribution in [3.05, 3.63) is 50.7 Å². The number of hydrogen-bond donors (Lipinski definition) is 1. The van der Waals surface area contributed by atoms with E-state index in [4.69, 9.17) is 16.3 Å². The van der Waals surface area contributed by atoms with Crippen molar-refractivity contribution in [3.8, 4) is 5.75 Å². The first-order valence-corrected chi connectivity index (χ1v) is 8.60. The van der Waals surface area contributed by atoms with Gasteiger partial charge >= 0.3 is 0 Å². The molecule has 0 aliphatic rings. The summed E-state index contributed by atoms with van der Waals surface area (Å²) in [6.07, 6.45) is 2.15. The molecule has 0 spiro atoms. The molecule has 1 unspecified atom stereocenters. The van der Waals surface area contributed by atoms with Crippen LogP contribution >= 0.6 is 22.9 Å². The van der Waals surface area contributed by atoms with Gasteiger partial charge in [-0.2, -0.15) is 0 Å². The van der Waals surface area contributed by atoms with E-state index in [1.807, 2.05) is 23.5 Å². The fraction of sp³-hybridized carbons (Fsp3) is 0.412. The minimum atomic E-state index is 0.200. The molecule has 0 amide bonds. The summed E-state index contributed by atoms with van der Waals surface area (Å²) in [5.74, 6) is 0.729. The largest absolute Gasteiger partial charge is 0.495 e. The molecular weight excluding hydrogens is 302 g/mol. The van der Waals surface area contributed by atoms with E-state index in [0.29, 0.717) is 5.02 Å². The van der Waals surface area contributed by atoms with Gasteiger partial charge in [-0.15, -0.1) is 11.3 Å². The van der Waals surface area contributed by atoms with Gasteiger partial charge in [-0.1, -0.05) is 31.5 Å². The van der Waals surface area contributed by atoms with Gasteiger partial charge in [0.15, 0.2) is 0 Å². The zero-order valence-electron chi connectivity index (χ0n) is 12.8. The molecule has 21 heavy (non-hydrogen) atoms. The monoisotopic (exact) mass is 323 g/mol. The van der Waals surface area contributed by atoms with Crippen molar-refractivity contribution >= 4 is 22.9 Å². The van der Waals surface area contributed by atoms with E-state index in [0.717, 1.165) is 25.1 Å². The summed E-state index contributed by atoms with van der Waals surface area (Å²) < 4.78 is 5.36. The molecule has 2 nitrogen and oxygen atoms in total. The number of hydrogen-bond acceptors (Lipinski definition) is 3. The number of ether oxygens (including phenoxy) is 1. The van der Waals surface area contributed by atoms with Crippen LogP contribution in [-0.4, -0.2) is 13.7 Å². The van der Waals surface area contributed by atoms with Crippen LogP contribution in [0.4, 0.5) is 0 Å². The Morgan fingerprint density at radius 1 is 1.29 bits per heavy atom. The lowest BCUT2D eigenvalue weighted by atomic mass is 10.0. The van der Waals surface area contributed by atoms with Crippen LogP contribution in [0.3, 0.4) is 0 Å². The lowest BCUT2D eigenvalue weighted by Gasteiger charge is -2.20. The summed E-state index contributed by atoms with van der Waals surface area (Å²) in [5.41, 5.74) is 2.60. The van der Waals surface area contributed by atoms with Crippen LogP contribution < -0.4 is 10.1 Å². The molecule has 1 heterocycles. The van der Waals surface area contributed by atoms with Crippen LogP contribution in [0, 0.1) is 0 Å². The molecule has 2 rings (SSSR count). The second-order valence-corrected chi connectivity index (χ2v) is 6.30. The predicted molar refractivity (Wildman–Crippen MR) is 91.8 cm³/mol. The average molecular weight is 324 g/mol. The Morgan fingerprint density at radius 3 is 2.76 bits per heavy atom. The van der Waals surface area contributed by atoms with Gasteiger partial charge in [-0.25, -0.2) is 0 Å². The number of thiophene rings is 1. The molecule has 0 saturated carbocycles. The third kappa shape index (κ3) is 3.79. The van der Waals surface area contributed by atoms with Gasteiger partial charge in [0.25, 0.3) is 0 Å². The summed E-state index contributed by atoms with van der Waals surface area (Å²) >= 11 is 7.95. The maximum Gasteiger partial charge on any atom is 0.137 e. The van der Waals surface area contributed by atoms with Crippen molar-refractivity contribution in [1.29, 1.82) is 0 Å². The Morgan fingerprint density at radius 2 is 2.10 bits per heavy atom. The number of nitrogens with one attached hydrogen (secondary N) is 1. The van der Waals surface area contributed by atoms with Crippen LogP contribution in [0.5, 0.6) is 5.75 Å². The SMILES string of the molecule is CCCNC(c1ccc(Cl)c(OC)c1)c1sccc1CC. The van der Waals surface area contributed by atoms with Gasteiger partial charge < -0.3 is 10.1 Å². The molecule has 1 N–H and O–H groups in total. The fourth-order valence-electron chi connectivity index (χ4n) is 2.40. The average Bonchev–Trinajstić information content (AvgIpc) is 2.97.